The number of fused-ring (bicyclic) bond motifs is 3. The second kappa shape index (κ2) is 5.50. The molecule has 0 aromatic heterocycles. The Bertz CT molecular complexity index is 659. The molecule has 2 aliphatic rings. The van der Waals surface area contributed by atoms with E-state index in [0.29, 0.717) is 3.17 Å². The van der Waals surface area contributed by atoms with Gasteiger partial charge in [0.05, 0.1) is 0 Å². The minimum atomic E-state index is 0.543. The zero-order valence-corrected chi connectivity index (χ0v) is 16.1. The van der Waals surface area contributed by atoms with Gasteiger partial charge in [0, 0.05) is 0 Å². The Morgan fingerprint density at radius 1 is 0.905 bits per heavy atom. The summed E-state index contributed by atoms with van der Waals surface area (Å²) in [5.41, 5.74) is 8.41. The van der Waals surface area contributed by atoms with Crippen molar-refractivity contribution in [3.05, 3.63) is 70.3 Å². The fraction of sp³-hybridized carbons (Fsp3) is 0.400. The molecule has 0 nitrogen and oxygen atoms in total. The summed E-state index contributed by atoms with van der Waals surface area (Å²) in [6.07, 6.45) is 9.35. The van der Waals surface area contributed by atoms with E-state index in [4.69, 9.17) is 0 Å². The van der Waals surface area contributed by atoms with Gasteiger partial charge in [-0.05, 0) is 0 Å². The molecule has 0 N–H and O–H groups in total. The van der Waals surface area contributed by atoms with Crippen LogP contribution in [0.5, 0.6) is 0 Å². The Morgan fingerprint density at radius 2 is 1.71 bits per heavy atom. The van der Waals surface area contributed by atoms with E-state index in [1.54, 1.807) is 22.3 Å². The van der Waals surface area contributed by atoms with Crippen molar-refractivity contribution in [1.82, 2.24) is 0 Å². The number of aryl methyl sites for hydroxylation is 3. The van der Waals surface area contributed by atoms with Gasteiger partial charge in [-0.3, -0.25) is 0 Å². The van der Waals surface area contributed by atoms with Crippen LogP contribution in [0.2, 0.25) is 0 Å². The van der Waals surface area contributed by atoms with Crippen LogP contribution in [0.4, 0.5) is 0 Å². The third-order valence-corrected chi connectivity index (χ3v) is 8.05. The van der Waals surface area contributed by atoms with Gasteiger partial charge in [-0.25, -0.2) is 0 Å². The average Bonchev–Trinajstić information content (AvgIpc) is 3.11. The van der Waals surface area contributed by atoms with Crippen molar-refractivity contribution < 1.29 is 24.4 Å². The molecule has 0 bridgehead atoms. The third-order valence-electron chi connectivity index (χ3n) is 5.35. The quantitative estimate of drug-likeness (QED) is 0.618. The standard InChI is InChI=1S/C20H21.Hf/c1-2-5-15(6-3-1)9-10-17-13-14-18-12-11-16-7-4-8-19(16)20(17)18;/h1-3,5-6,11-12H,4,7-10,13-14H2;. The first-order valence-corrected chi connectivity index (χ1v) is 9.99. The predicted octanol–water partition coefficient (Wildman–Crippen LogP) is 4.50. The van der Waals surface area contributed by atoms with E-state index in [2.05, 4.69) is 42.5 Å². The molecule has 1 heteroatoms. The van der Waals surface area contributed by atoms with E-state index in [1.165, 1.54) is 74.9 Å². The summed E-state index contributed by atoms with van der Waals surface area (Å²) in [6.45, 7) is 0. The van der Waals surface area contributed by atoms with Crippen LogP contribution in [0.1, 0.15) is 47.1 Å². The molecule has 105 valence electrons. The van der Waals surface area contributed by atoms with E-state index in [0.717, 1.165) is 0 Å². The molecule has 0 amide bonds. The summed E-state index contributed by atoms with van der Waals surface area (Å²) in [7, 11) is 0. The Hall–Kier alpha value is -0.690. The number of benzene rings is 2. The van der Waals surface area contributed by atoms with Crippen LogP contribution in [-0.2, 0) is 53.2 Å². The molecule has 2 aromatic rings. The Balaban J connectivity index is 1.64. The number of rotatable bonds is 3. The monoisotopic (exact) mass is 441 g/mol. The second-order valence-corrected chi connectivity index (χ2v) is 10.1. The van der Waals surface area contributed by atoms with Crippen LogP contribution in [0.3, 0.4) is 0 Å². The van der Waals surface area contributed by atoms with Gasteiger partial charge in [0.1, 0.15) is 0 Å². The van der Waals surface area contributed by atoms with Crippen molar-refractivity contribution in [2.24, 2.45) is 0 Å². The van der Waals surface area contributed by atoms with Crippen molar-refractivity contribution >= 4 is 0 Å². The summed E-state index contributed by atoms with van der Waals surface area (Å²) in [5, 5.41) is 0. The first kappa shape index (κ1) is 13.9. The normalized spacial score (nSPS) is 23.0. The molecule has 0 saturated carbocycles. The topological polar surface area (TPSA) is 0 Å². The third kappa shape index (κ3) is 2.48. The molecule has 1 unspecified atom stereocenters. The molecule has 2 aromatic carbocycles. The summed E-state index contributed by atoms with van der Waals surface area (Å²) in [5.74, 6) is 0. The molecule has 0 radical (unpaired) electrons. The minimum absolute atomic E-state index is 0.543. The fourth-order valence-corrected chi connectivity index (χ4v) is 6.26. The second-order valence-electron chi connectivity index (χ2n) is 6.66. The molecule has 1 atom stereocenters. The zero-order chi connectivity index (χ0) is 14.3. The van der Waals surface area contributed by atoms with Gasteiger partial charge in [0.15, 0.2) is 0 Å². The van der Waals surface area contributed by atoms with E-state index in [1.807, 2.05) is 0 Å². The van der Waals surface area contributed by atoms with Crippen molar-refractivity contribution in [3.63, 3.8) is 0 Å². The first-order chi connectivity index (χ1) is 10.3. The maximum absolute atomic E-state index is 2.45. The van der Waals surface area contributed by atoms with Crippen LogP contribution in [0.25, 0.3) is 0 Å². The van der Waals surface area contributed by atoms with Gasteiger partial charge < -0.3 is 0 Å². The van der Waals surface area contributed by atoms with E-state index < -0.39 is 0 Å². The van der Waals surface area contributed by atoms with Crippen LogP contribution < -0.4 is 0 Å². The Morgan fingerprint density at radius 3 is 2.57 bits per heavy atom. The van der Waals surface area contributed by atoms with Gasteiger partial charge >= 0.3 is 143 Å². The molecule has 0 fully saturated rings. The summed E-state index contributed by atoms with van der Waals surface area (Å²) >= 11 is 1.30. The van der Waals surface area contributed by atoms with Gasteiger partial charge in [-0.2, -0.15) is 0 Å². The molecule has 0 spiro atoms. The Kier molecular flexibility index (Phi) is 3.65. The molecule has 2 aliphatic carbocycles. The van der Waals surface area contributed by atoms with Crippen LogP contribution in [-0.4, -0.2) is 0 Å². The van der Waals surface area contributed by atoms with Crippen molar-refractivity contribution in [2.45, 2.75) is 48.1 Å². The Labute approximate surface area is 142 Å². The predicted molar refractivity (Wildman–Crippen MR) is 83.2 cm³/mol. The van der Waals surface area contributed by atoms with Crippen LogP contribution in [0, 0.1) is 0 Å². The molecule has 0 saturated heterocycles. The summed E-state index contributed by atoms with van der Waals surface area (Å²) in [4.78, 5) is 0. The van der Waals surface area contributed by atoms with Crippen molar-refractivity contribution in [3.8, 4) is 0 Å². The summed E-state index contributed by atoms with van der Waals surface area (Å²) in [6, 6.07) is 15.9. The van der Waals surface area contributed by atoms with E-state index in [-0.39, 0.29) is 0 Å². The zero-order valence-electron chi connectivity index (χ0n) is 12.5. The van der Waals surface area contributed by atoms with Gasteiger partial charge in [0.2, 0.25) is 0 Å². The molecule has 4 rings (SSSR count). The van der Waals surface area contributed by atoms with Crippen LogP contribution in [0.15, 0.2) is 42.5 Å². The van der Waals surface area contributed by atoms with Gasteiger partial charge in [0.25, 0.3) is 0 Å². The molecule has 0 aliphatic heterocycles. The van der Waals surface area contributed by atoms with Crippen molar-refractivity contribution in [2.75, 3.05) is 0 Å². The molecular formula is C20H21Hf. The van der Waals surface area contributed by atoms with Gasteiger partial charge in [-0.1, -0.05) is 0 Å². The van der Waals surface area contributed by atoms with E-state index in [9.17, 15) is 0 Å². The maximum atomic E-state index is 2.45. The average molecular weight is 440 g/mol. The van der Waals surface area contributed by atoms with Crippen molar-refractivity contribution in [1.29, 1.82) is 0 Å². The van der Waals surface area contributed by atoms with E-state index >= 15 is 0 Å². The SMILES string of the molecule is [Hf][C]1(CCc2ccccc2)CCc2ccc3c(c21)CCC3. The summed E-state index contributed by atoms with van der Waals surface area (Å²) < 4.78 is 0.543. The van der Waals surface area contributed by atoms with Crippen LogP contribution >= 0.6 is 0 Å². The molecular weight excluding hydrogens is 419 g/mol. The number of hydrogen-bond donors (Lipinski definition) is 0. The molecule has 0 heterocycles. The van der Waals surface area contributed by atoms with Gasteiger partial charge in [-0.15, -0.1) is 0 Å². The molecule has 21 heavy (non-hydrogen) atoms. The fourth-order valence-electron chi connectivity index (χ4n) is 4.24. The first-order valence-electron chi connectivity index (χ1n) is 8.19. The number of hydrogen-bond acceptors (Lipinski definition) is 0.